The van der Waals surface area contributed by atoms with Crippen LogP contribution in [0.4, 0.5) is 0 Å². The van der Waals surface area contributed by atoms with E-state index in [1.165, 1.54) is 17.2 Å². The van der Waals surface area contributed by atoms with Crippen LogP contribution >= 0.6 is 0 Å². The Balaban J connectivity index is 2.54. The number of fused-ring (bicyclic) bond motifs is 1. The van der Waals surface area contributed by atoms with Gasteiger partial charge in [0, 0.05) is 0 Å². The molecule has 8 nitrogen and oxygen atoms in total. The van der Waals surface area contributed by atoms with Crippen molar-refractivity contribution in [2.75, 3.05) is 6.61 Å². The molecule has 2 rings (SSSR count). The molecule has 0 aliphatic heterocycles. The largest absolute Gasteiger partial charge is 0.394 e. The van der Waals surface area contributed by atoms with Crippen molar-refractivity contribution in [1.29, 1.82) is 0 Å². The van der Waals surface area contributed by atoms with Crippen molar-refractivity contribution in [1.82, 2.24) is 19.3 Å². The maximum Gasteiger partial charge on any atom is 0.264 e. The van der Waals surface area contributed by atoms with Gasteiger partial charge in [-0.25, -0.2) is 9.67 Å². The molecule has 2 aromatic rings. The summed E-state index contributed by atoms with van der Waals surface area (Å²) in [7, 11) is 0. The van der Waals surface area contributed by atoms with Gasteiger partial charge < -0.3 is 10.8 Å². The number of carbonyl (C=O) groups is 1. The lowest BCUT2D eigenvalue weighted by atomic mass is 10.4. The number of primary amides is 1. The van der Waals surface area contributed by atoms with Gasteiger partial charge in [0.2, 0.25) is 5.91 Å². The van der Waals surface area contributed by atoms with E-state index >= 15 is 0 Å². The summed E-state index contributed by atoms with van der Waals surface area (Å²) in [4.78, 5) is 26.6. The molecule has 2 aromatic heterocycles. The molecule has 2 heterocycles. The van der Waals surface area contributed by atoms with E-state index in [-0.39, 0.29) is 25.3 Å². The summed E-state index contributed by atoms with van der Waals surface area (Å²) in [6.45, 7) is -0.0500. The lowest BCUT2D eigenvalue weighted by Gasteiger charge is -2.02. The Kier molecular flexibility index (Phi) is 2.88. The first-order valence-electron chi connectivity index (χ1n) is 4.93. The molecule has 0 bridgehead atoms. The molecule has 0 aromatic carbocycles. The molecule has 0 unspecified atom stereocenters. The molecule has 0 aliphatic carbocycles. The van der Waals surface area contributed by atoms with Crippen LogP contribution in [0.15, 0.2) is 17.3 Å². The van der Waals surface area contributed by atoms with Gasteiger partial charge in [-0.2, -0.15) is 5.10 Å². The first-order valence-corrected chi connectivity index (χ1v) is 4.93. The topological polar surface area (TPSA) is 116 Å². The number of hydrogen-bond acceptors (Lipinski definition) is 5. The third-order valence-electron chi connectivity index (χ3n) is 2.26. The summed E-state index contributed by atoms with van der Waals surface area (Å²) in [5.74, 6) is -0.615. The van der Waals surface area contributed by atoms with E-state index in [0.717, 1.165) is 4.57 Å². The van der Waals surface area contributed by atoms with Crippen LogP contribution in [0.3, 0.4) is 0 Å². The summed E-state index contributed by atoms with van der Waals surface area (Å²) < 4.78 is 2.54. The Bertz CT molecular complexity index is 615. The summed E-state index contributed by atoms with van der Waals surface area (Å²) in [5, 5.41) is 13.0. The zero-order valence-electron chi connectivity index (χ0n) is 8.91. The molecule has 3 N–H and O–H groups in total. The minimum absolute atomic E-state index is 0.0944. The Morgan fingerprint density at radius 1 is 1.53 bits per heavy atom. The summed E-state index contributed by atoms with van der Waals surface area (Å²) in [6, 6.07) is 0. The van der Waals surface area contributed by atoms with Crippen molar-refractivity contribution < 1.29 is 9.90 Å². The van der Waals surface area contributed by atoms with E-state index in [1.807, 2.05) is 0 Å². The molecule has 1 amide bonds. The molecule has 0 aliphatic rings. The van der Waals surface area contributed by atoms with Crippen LogP contribution in [0, 0.1) is 0 Å². The van der Waals surface area contributed by atoms with Gasteiger partial charge in [-0.15, -0.1) is 0 Å². The fourth-order valence-corrected chi connectivity index (χ4v) is 1.54. The van der Waals surface area contributed by atoms with Crippen LogP contribution in [0.2, 0.25) is 0 Å². The second-order valence-electron chi connectivity index (χ2n) is 3.47. The van der Waals surface area contributed by atoms with E-state index in [2.05, 4.69) is 10.1 Å². The lowest BCUT2D eigenvalue weighted by Crippen LogP contribution is -2.28. The fraction of sp³-hybridized carbons (Fsp3) is 0.333. The fourth-order valence-electron chi connectivity index (χ4n) is 1.54. The highest BCUT2D eigenvalue weighted by Gasteiger charge is 2.10. The monoisotopic (exact) mass is 237 g/mol. The number of aliphatic hydroxyl groups is 1. The maximum atomic E-state index is 11.9. The molecule has 0 saturated heterocycles. The summed E-state index contributed by atoms with van der Waals surface area (Å²) in [5.41, 5.74) is 5.01. The van der Waals surface area contributed by atoms with Crippen molar-refractivity contribution in [3.05, 3.63) is 22.9 Å². The lowest BCUT2D eigenvalue weighted by molar-refractivity contribution is -0.118. The van der Waals surface area contributed by atoms with Crippen molar-refractivity contribution in [2.45, 2.75) is 13.1 Å². The average Bonchev–Trinajstić information content (AvgIpc) is 2.67. The smallest absolute Gasteiger partial charge is 0.264 e. The zero-order valence-corrected chi connectivity index (χ0v) is 8.91. The number of rotatable bonds is 4. The average molecular weight is 237 g/mol. The third-order valence-corrected chi connectivity index (χ3v) is 2.26. The van der Waals surface area contributed by atoms with Crippen LogP contribution < -0.4 is 11.3 Å². The van der Waals surface area contributed by atoms with Gasteiger partial charge in [0.1, 0.15) is 18.3 Å². The second kappa shape index (κ2) is 4.34. The number of aliphatic hydroxyl groups excluding tert-OH is 1. The van der Waals surface area contributed by atoms with Crippen molar-refractivity contribution in [2.24, 2.45) is 5.73 Å². The van der Waals surface area contributed by atoms with E-state index in [9.17, 15) is 9.59 Å². The number of nitrogens with zero attached hydrogens (tertiary/aromatic N) is 4. The highest BCUT2D eigenvalue weighted by atomic mass is 16.3. The predicted molar refractivity (Wildman–Crippen MR) is 58.1 cm³/mol. The van der Waals surface area contributed by atoms with Gasteiger partial charge in [-0.05, 0) is 0 Å². The van der Waals surface area contributed by atoms with Crippen LogP contribution in [0.1, 0.15) is 0 Å². The van der Waals surface area contributed by atoms with Crippen molar-refractivity contribution in [3.8, 4) is 0 Å². The molecule has 0 radical (unpaired) electrons. The molecule has 17 heavy (non-hydrogen) atoms. The van der Waals surface area contributed by atoms with Gasteiger partial charge >= 0.3 is 0 Å². The maximum absolute atomic E-state index is 11.9. The zero-order chi connectivity index (χ0) is 12.4. The molecular formula is C9H11N5O3. The summed E-state index contributed by atoms with van der Waals surface area (Å²) in [6.07, 6.45) is 2.60. The number of amides is 1. The molecule has 0 atom stereocenters. The molecular weight excluding hydrogens is 226 g/mol. The molecule has 0 spiro atoms. The first-order chi connectivity index (χ1) is 8.13. The molecule has 0 saturated carbocycles. The number of hydrogen-bond donors (Lipinski definition) is 2. The number of aromatic nitrogens is 4. The Morgan fingerprint density at radius 2 is 2.29 bits per heavy atom. The Hall–Kier alpha value is -2.22. The minimum Gasteiger partial charge on any atom is -0.394 e. The Morgan fingerprint density at radius 3 is 2.94 bits per heavy atom. The molecule has 0 fully saturated rings. The highest BCUT2D eigenvalue weighted by molar-refractivity contribution is 5.75. The first kappa shape index (κ1) is 11.3. The van der Waals surface area contributed by atoms with Gasteiger partial charge in [-0.3, -0.25) is 14.2 Å². The van der Waals surface area contributed by atoms with E-state index < -0.39 is 5.91 Å². The summed E-state index contributed by atoms with van der Waals surface area (Å²) >= 11 is 0. The number of nitrogens with two attached hydrogens (primary N) is 1. The SMILES string of the molecule is NC(=O)Cn1cnc2c(cnn2CCO)c1=O. The van der Waals surface area contributed by atoms with Crippen LogP contribution in [0.5, 0.6) is 0 Å². The van der Waals surface area contributed by atoms with Crippen molar-refractivity contribution >= 4 is 16.9 Å². The van der Waals surface area contributed by atoms with E-state index in [4.69, 9.17) is 10.8 Å². The van der Waals surface area contributed by atoms with Crippen LogP contribution in [-0.2, 0) is 17.9 Å². The van der Waals surface area contributed by atoms with Crippen molar-refractivity contribution in [3.63, 3.8) is 0 Å². The van der Waals surface area contributed by atoms with E-state index in [0.29, 0.717) is 11.0 Å². The minimum atomic E-state index is -0.615. The Labute approximate surface area is 95.3 Å². The highest BCUT2D eigenvalue weighted by Crippen LogP contribution is 2.04. The van der Waals surface area contributed by atoms with E-state index in [1.54, 1.807) is 0 Å². The van der Waals surface area contributed by atoms with Gasteiger partial charge in [0.15, 0.2) is 5.65 Å². The van der Waals surface area contributed by atoms with Gasteiger partial charge in [-0.1, -0.05) is 0 Å². The van der Waals surface area contributed by atoms with Gasteiger partial charge in [0.05, 0.1) is 19.3 Å². The van der Waals surface area contributed by atoms with Crippen LogP contribution in [-0.4, -0.2) is 37.0 Å². The normalized spacial score (nSPS) is 10.9. The van der Waals surface area contributed by atoms with Crippen LogP contribution in [0.25, 0.3) is 11.0 Å². The molecule has 8 heteroatoms. The standard InChI is InChI=1S/C9H11N5O3/c10-7(16)4-13-5-11-8-6(9(13)17)3-12-14(8)1-2-15/h3,5,15H,1-2,4H2,(H2,10,16). The van der Waals surface area contributed by atoms with Gasteiger partial charge in [0.25, 0.3) is 5.56 Å². The quantitative estimate of drug-likeness (QED) is 0.642. The second-order valence-corrected chi connectivity index (χ2v) is 3.47. The molecule has 90 valence electrons. The predicted octanol–water partition coefficient (Wildman–Crippen LogP) is -1.93. The number of carbonyl (C=O) groups excluding carboxylic acids is 1. The third kappa shape index (κ3) is 2.02.